The molecule has 2 aliphatic rings. The average Bonchev–Trinajstić information content (AvgIpc) is 3.55. The van der Waals surface area contributed by atoms with Crippen molar-refractivity contribution >= 4 is 17.5 Å². The third-order valence-corrected chi connectivity index (χ3v) is 8.50. The fourth-order valence-corrected chi connectivity index (χ4v) is 6.03. The fraction of sp³-hybridized carbons (Fsp3) is 0.457. The van der Waals surface area contributed by atoms with E-state index in [1.165, 1.54) is 38.1 Å². The number of likely N-dealkylation sites (tertiary alicyclic amines) is 1. The lowest BCUT2D eigenvalue weighted by Crippen LogP contribution is -2.41. The van der Waals surface area contributed by atoms with Gasteiger partial charge >= 0.3 is 0 Å². The van der Waals surface area contributed by atoms with E-state index in [0.29, 0.717) is 60.9 Å². The average molecular weight is 602 g/mol. The number of amides is 2. The van der Waals surface area contributed by atoms with Crippen molar-refractivity contribution in [2.75, 3.05) is 57.3 Å². The molecule has 3 heterocycles. The summed E-state index contributed by atoms with van der Waals surface area (Å²) in [5.74, 6) is -0.184. The Morgan fingerprint density at radius 2 is 1.73 bits per heavy atom. The predicted molar refractivity (Wildman–Crippen MR) is 171 cm³/mol. The van der Waals surface area contributed by atoms with Crippen LogP contribution in [0.15, 0.2) is 66.9 Å². The van der Waals surface area contributed by atoms with Crippen LogP contribution < -0.4 is 9.64 Å². The van der Waals surface area contributed by atoms with Crippen LogP contribution in [0, 0.1) is 5.82 Å². The van der Waals surface area contributed by atoms with Gasteiger partial charge in [-0.2, -0.15) is 0 Å². The third kappa shape index (κ3) is 8.21. The van der Waals surface area contributed by atoms with Gasteiger partial charge in [0.2, 0.25) is 0 Å². The van der Waals surface area contributed by atoms with Crippen LogP contribution in [0.3, 0.4) is 0 Å². The number of rotatable bonds is 8. The van der Waals surface area contributed by atoms with Crippen LogP contribution in [0.25, 0.3) is 0 Å². The van der Waals surface area contributed by atoms with Crippen molar-refractivity contribution in [1.82, 2.24) is 19.7 Å². The van der Waals surface area contributed by atoms with Crippen LogP contribution in [0.2, 0.25) is 0 Å². The number of anilines is 1. The number of ether oxygens (including phenoxy) is 1. The smallest absolute Gasteiger partial charge is 0.276 e. The van der Waals surface area contributed by atoms with Crippen molar-refractivity contribution in [1.29, 1.82) is 0 Å². The molecule has 0 radical (unpaired) electrons. The van der Waals surface area contributed by atoms with Gasteiger partial charge in [-0.05, 0) is 101 Å². The summed E-state index contributed by atoms with van der Waals surface area (Å²) >= 11 is 0. The Labute approximate surface area is 260 Å². The van der Waals surface area contributed by atoms with E-state index >= 15 is 0 Å². The van der Waals surface area contributed by atoms with E-state index in [1.807, 2.05) is 24.3 Å². The van der Waals surface area contributed by atoms with Gasteiger partial charge < -0.3 is 19.4 Å². The molecule has 234 valence electrons. The SMILES string of the molecule is CC(C)N1CCCN(C(=O)c2ccccn2)c2cc(F)ccc2CN(C(=O)c2cccc(OCCCN3CCCC3)c2)CC1. The molecule has 0 spiro atoms. The van der Waals surface area contributed by atoms with Gasteiger partial charge in [0.25, 0.3) is 11.8 Å². The number of halogens is 1. The van der Waals surface area contributed by atoms with Crippen molar-refractivity contribution in [3.8, 4) is 5.75 Å². The maximum atomic E-state index is 14.7. The molecule has 1 fully saturated rings. The topological polar surface area (TPSA) is 69.2 Å². The quantitative estimate of drug-likeness (QED) is 0.318. The van der Waals surface area contributed by atoms with Gasteiger partial charge in [-0.25, -0.2) is 4.39 Å². The van der Waals surface area contributed by atoms with E-state index in [4.69, 9.17) is 4.74 Å². The molecule has 0 bridgehead atoms. The number of benzene rings is 2. The monoisotopic (exact) mass is 601 g/mol. The molecule has 0 atom stereocenters. The summed E-state index contributed by atoms with van der Waals surface area (Å²) < 4.78 is 20.8. The van der Waals surface area contributed by atoms with Crippen molar-refractivity contribution in [3.63, 3.8) is 0 Å². The standard InChI is InChI=1S/C35H44FN5O3/c1-27(2)39-19-8-20-41(35(43)32-12-3-4-15-37-32)33-25-30(36)14-13-29(33)26-40(22-21-39)34(42)28-10-7-11-31(24-28)44-23-9-18-38-16-5-6-17-38/h3-4,7,10-15,24-25,27H,5-6,8-9,16-23,26H2,1-2H3. The Morgan fingerprint density at radius 1 is 0.886 bits per heavy atom. The second-order valence-electron chi connectivity index (χ2n) is 11.9. The Kier molecular flexibility index (Phi) is 11.0. The number of fused-ring (bicyclic) bond motifs is 1. The summed E-state index contributed by atoms with van der Waals surface area (Å²) in [6, 6.07) is 17.3. The summed E-state index contributed by atoms with van der Waals surface area (Å²) in [5, 5.41) is 0. The van der Waals surface area contributed by atoms with Crippen molar-refractivity contribution in [2.45, 2.75) is 52.1 Å². The van der Waals surface area contributed by atoms with Gasteiger partial charge in [0.05, 0.1) is 12.3 Å². The van der Waals surface area contributed by atoms with E-state index in [0.717, 1.165) is 19.5 Å². The van der Waals surface area contributed by atoms with Crippen LogP contribution in [0.1, 0.15) is 65.9 Å². The van der Waals surface area contributed by atoms with E-state index in [-0.39, 0.29) is 24.4 Å². The number of carbonyl (C=O) groups is 2. The van der Waals surface area contributed by atoms with Crippen LogP contribution in [-0.2, 0) is 6.54 Å². The lowest BCUT2D eigenvalue weighted by Gasteiger charge is -2.30. The van der Waals surface area contributed by atoms with Crippen molar-refractivity contribution < 1.29 is 18.7 Å². The summed E-state index contributed by atoms with van der Waals surface area (Å²) in [4.78, 5) is 40.3. The first kappa shape index (κ1) is 31.6. The lowest BCUT2D eigenvalue weighted by molar-refractivity contribution is 0.0711. The number of aromatic nitrogens is 1. The minimum Gasteiger partial charge on any atom is -0.494 e. The second-order valence-corrected chi connectivity index (χ2v) is 11.9. The number of hydrogen-bond acceptors (Lipinski definition) is 6. The molecule has 0 unspecified atom stereocenters. The molecule has 0 aliphatic carbocycles. The minimum absolute atomic E-state index is 0.131. The first-order valence-electron chi connectivity index (χ1n) is 15.9. The summed E-state index contributed by atoms with van der Waals surface area (Å²) in [7, 11) is 0. The normalized spacial score (nSPS) is 16.9. The molecule has 5 rings (SSSR count). The molecule has 2 amide bonds. The van der Waals surface area contributed by atoms with Gasteiger partial charge in [-0.15, -0.1) is 0 Å². The van der Waals surface area contributed by atoms with Gasteiger partial charge in [0.15, 0.2) is 0 Å². The zero-order valence-corrected chi connectivity index (χ0v) is 26.0. The molecule has 1 saturated heterocycles. The van der Waals surface area contributed by atoms with Gasteiger partial charge in [0, 0.05) is 57.1 Å². The Morgan fingerprint density at radius 3 is 2.50 bits per heavy atom. The zero-order chi connectivity index (χ0) is 30.9. The van der Waals surface area contributed by atoms with Gasteiger partial charge in [0.1, 0.15) is 17.3 Å². The Balaban J connectivity index is 1.39. The summed E-state index contributed by atoms with van der Waals surface area (Å²) in [6.45, 7) is 10.8. The van der Waals surface area contributed by atoms with E-state index in [1.54, 1.807) is 40.3 Å². The first-order chi connectivity index (χ1) is 21.4. The summed E-state index contributed by atoms with van der Waals surface area (Å²) in [6.07, 6.45) is 5.76. The first-order valence-corrected chi connectivity index (χ1v) is 15.9. The summed E-state index contributed by atoms with van der Waals surface area (Å²) in [5.41, 5.74) is 2.00. The molecule has 0 saturated carbocycles. The highest BCUT2D eigenvalue weighted by Crippen LogP contribution is 2.27. The maximum absolute atomic E-state index is 14.7. The molecule has 44 heavy (non-hydrogen) atoms. The molecule has 9 heteroatoms. The fourth-order valence-electron chi connectivity index (χ4n) is 6.03. The van der Waals surface area contributed by atoms with Crippen LogP contribution >= 0.6 is 0 Å². The van der Waals surface area contributed by atoms with Crippen molar-refractivity contribution in [2.24, 2.45) is 0 Å². The zero-order valence-electron chi connectivity index (χ0n) is 26.0. The number of pyridine rings is 1. The number of nitrogens with zero attached hydrogens (tertiary/aromatic N) is 5. The highest BCUT2D eigenvalue weighted by molar-refractivity contribution is 6.05. The molecule has 3 aromatic rings. The van der Waals surface area contributed by atoms with Crippen molar-refractivity contribution in [3.05, 3.63) is 89.5 Å². The molecular weight excluding hydrogens is 557 g/mol. The minimum atomic E-state index is -0.436. The van der Waals surface area contributed by atoms with E-state index < -0.39 is 5.82 Å². The molecule has 0 N–H and O–H groups in total. The predicted octanol–water partition coefficient (Wildman–Crippen LogP) is 5.49. The number of carbonyl (C=O) groups excluding carboxylic acids is 2. The molecular formula is C35H44FN5O3. The van der Waals surface area contributed by atoms with Crippen LogP contribution in [0.5, 0.6) is 5.75 Å². The van der Waals surface area contributed by atoms with E-state index in [2.05, 4.69) is 28.6 Å². The molecule has 8 nitrogen and oxygen atoms in total. The van der Waals surface area contributed by atoms with Gasteiger partial charge in [-0.1, -0.05) is 18.2 Å². The second kappa shape index (κ2) is 15.3. The Hall–Kier alpha value is -3.82. The highest BCUT2D eigenvalue weighted by Gasteiger charge is 2.26. The maximum Gasteiger partial charge on any atom is 0.276 e. The Bertz CT molecular complexity index is 1400. The lowest BCUT2D eigenvalue weighted by atomic mass is 10.1. The highest BCUT2D eigenvalue weighted by atomic mass is 19.1. The van der Waals surface area contributed by atoms with E-state index in [9.17, 15) is 14.0 Å². The molecule has 2 aromatic carbocycles. The van der Waals surface area contributed by atoms with Crippen LogP contribution in [0.4, 0.5) is 10.1 Å². The van der Waals surface area contributed by atoms with Crippen LogP contribution in [-0.4, -0.2) is 90.0 Å². The largest absolute Gasteiger partial charge is 0.494 e. The molecule has 2 aliphatic heterocycles. The number of hydrogen-bond donors (Lipinski definition) is 0. The molecule has 1 aromatic heterocycles. The third-order valence-electron chi connectivity index (χ3n) is 8.50. The van der Waals surface area contributed by atoms with Gasteiger partial charge in [-0.3, -0.25) is 19.5 Å².